The summed E-state index contributed by atoms with van der Waals surface area (Å²) in [5.41, 5.74) is 2.53. The molecule has 0 aromatic carbocycles. The number of ketones is 2. The van der Waals surface area contributed by atoms with E-state index in [9.17, 15) is 49.6 Å². The number of allylic oxidation sites excluding steroid dienone is 4. The zero-order valence-electron chi connectivity index (χ0n) is 26.0. The zero-order valence-corrected chi connectivity index (χ0v) is 26.8. The summed E-state index contributed by atoms with van der Waals surface area (Å²) in [6.45, 7) is 2.68. The summed E-state index contributed by atoms with van der Waals surface area (Å²) in [4.78, 5) is 78.4. The van der Waals surface area contributed by atoms with Gasteiger partial charge in [0.1, 0.15) is 24.9 Å². The second kappa shape index (κ2) is 13.1. The Morgan fingerprint density at radius 3 is 2.47 bits per heavy atom. The Balaban J connectivity index is 1.39. The maximum Gasteiger partial charge on any atom is 0.323 e. The maximum absolute atomic E-state index is 13.7. The highest BCUT2D eigenvalue weighted by Gasteiger charge is 2.74. The summed E-state index contributed by atoms with van der Waals surface area (Å²) in [6, 6.07) is -1.64. The Kier molecular flexibility index (Phi) is 10.1. The van der Waals surface area contributed by atoms with Gasteiger partial charge in [-0.3, -0.25) is 19.2 Å². The molecular formula is C29H38ClN3O14. The lowest BCUT2D eigenvalue weighted by atomic mass is 9.45. The van der Waals surface area contributed by atoms with Crippen LogP contribution in [0.1, 0.15) is 52.9 Å². The molecule has 0 spiro atoms. The summed E-state index contributed by atoms with van der Waals surface area (Å²) in [6.07, 6.45) is 2.62. The number of esters is 2. The smallest absolute Gasteiger partial charge is 0.323 e. The van der Waals surface area contributed by atoms with Gasteiger partial charge in [0.15, 0.2) is 18.5 Å². The van der Waals surface area contributed by atoms with Crippen LogP contribution in [-0.4, -0.2) is 92.4 Å². The van der Waals surface area contributed by atoms with E-state index in [2.05, 4.69) is 9.68 Å². The molecule has 260 valence electrons. The fourth-order valence-corrected chi connectivity index (χ4v) is 8.90. The molecule has 17 nitrogen and oxygen atoms in total. The van der Waals surface area contributed by atoms with Gasteiger partial charge in [0, 0.05) is 10.8 Å². The number of rotatable bonds is 13. The standard InChI is InChI=1S/C29H38ClN3O14/c1-15-8-20-19-5-4-16-9-17(34)6-7-26(16,2)28(19,30)22(35)11-27(20,3)29(15,39)23(36)14-44-24(37)10-21(31)25(38)45-12-18(47-33(42)43)13-46-32(40)41/h6-7,9,15,18-22,35,39H,4-5,8,10-14,31H2,1-3H3/t15-,18?,19?,20?,21?,22-,26-,27-,28-,29-/m0/s1. The Hall–Kier alpha value is -3.67. The van der Waals surface area contributed by atoms with Crippen LogP contribution in [0.15, 0.2) is 23.8 Å². The molecule has 0 amide bonds. The van der Waals surface area contributed by atoms with Gasteiger partial charge in [0.2, 0.25) is 5.78 Å². The van der Waals surface area contributed by atoms with Gasteiger partial charge in [0.05, 0.1) is 17.4 Å². The molecule has 47 heavy (non-hydrogen) atoms. The molecule has 0 aromatic heterocycles. The van der Waals surface area contributed by atoms with Crippen LogP contribution in [0.4, 0.5) is 0 Å². The molecule has 10 atom stereocenters. The predicted molar refractivity (Wildman–Crippen MR) is 157 cm³/mol. The normalized spacial score (nSPS) is 36.8. The number of hydrogen-bond donors (Lipinski definition) is 3. The number of alkyl halides is 1. The largest absolute Gasteiger partial charge is 0.462 e. The third-order valence-corrected chi connectivity index (χ3v) is 11.6. The Bertz CT molecular complexity index is 1410. The van der Waals surface area contributed by atoms with Crippen molar-refractivity contribution < 1.29 is 58.7 Å². The first-order valence-electron chi connectivity index (χ1n) is 15.0. The molecule has 0 bridgehead atoms. The summed E-state index contributed by atoms with van der Waals surface area (Å²) >= 11 is 7.40. The molecule has 3 saturated carbocycles. The molecule has 0 saturated heterocycles. The van der Waals surface area contributed by atoms with E-state index in [0.29, 0.717) is 19.3 Å². The van der Waals surface area contributed by atoms with E-state index < -0.39 is 99.6 Å². The lowest BCUT2D eigenvalue weighted by molar-refractivity contribution is -0.790. The fourth-order valence-electron chi connectivity index (χ4n) is 8.38. The Morgan fingerprint density at radius 2 is 1.83 bits per heavy atom. The SMILES string of the molecule is C[C@H]1CC2C3CCC4=CC(=O)C=C[C@]4(C)[C@@]3(Cl)[C@@H](O)C[C@]2(C)[C@@]1(O)C(=O)COC(=O)CC(N)C(=O)OCC(CO[N+](=O)[O-])O[N+](=O)[O-]. The number of carbonyl (C=O) groups excluding carboxylic acids is 4. The number of aliphatic hydroxyl groups excluding tert-OH is 1. The van der Waals surface area contributed by atoms with Crippen LogP contribution in [0.25, 0.3) is 0 Å². The van der Waals surface area contributed by atoms with Crippen molar-refractivity contribution >= 4 is 35.1 Å². The summed E-state index contributed by atoms with van der Waals surface area (Å²) in [5, 5.41) is 42.1. The van der Waals surface area contributed by atoms with Crippen LogP contribution in [0.3, 0.4) is 0 Å². The fraction of sp³-hybridized carbons (Fsp3) is 0.724. The molecule has 4 aliphatic rings. The van der Waals surface area contributed by atoms with Crippen molar-refractivity contribution in [2.45, 2.75) is 81.6 Å². The first-order chi connectivity index (χ1) is 21.8. The van der Waals surface area contributed by atoms with Crippen LogP contribution >= 0.6 is 11.6 Å². The van der Waals surface area contributed by atoms with E-state index >= 15 is 0 Å². The van der Waals surface area contributed by atoms with E-state index in [4.69, 9.17) is 26.8 Å². The summed E-state index contributed by atoms with van der Waals surface area (Å²) < 4.78 is 9.83. The molecule has 4 aliphatic carbocycles. The van der Waals surface area contributed by atoms with E-state index in [1.165, 1.54) is 6.08 Å². The van der Waals surface area contributed by atoms with E-state index in [0.717, 1.165) is 5.57 Å². The third-order valence-electron chi connectivity index (χ3n) is 10.7. The van der Waals surface area contributed by atoms with Gasteiger partial charge in [-0.15, -0.1) is 31.8 Å². The minimum Gasteiger partial charge on any atom is -0.462 e. The number of carbonyl (C=O) groups is 4. The van der Waals surface area contributed by atoms with Crippen molar-refractivity contribution in [2.75, 3.05) is 19.8 Å². The van der Waals surface area contributed by atoms with Gasteiger partial charge in [-0.05, 0) is 55.6 Å². The minimum atomic E-state index is -2.01. The average Bonchev–Trinajstić information content (AvgIpc) is 3.19. The van der Waals surface area contributed by atoms with Gasteiger partial charge in [-0.1, -0.05) is 32.4 Å². The van der Waals surface area contributed by atoms with E-state index in [1.807, 2.05) is 6.92 Å². The highest BCUT2D eigenvalue weighted by atomic mass is 35.5. The maximum atomic E-state index is 13.7. The average molecular weight is 688 g/mol. The van der Waals surface area contributed by atoms with Crippen LogP contribution in [-0.2, 0) is 38.3 Å². The topological polar surface area (TPSA) is 258 Å². The van der Waals surface area contributed by atoms with Crippen molar-refractivity contribution in [2.24, 2.45) is 34.3 Å². The Labute approximate surface area is 273 Å². The number of aliphatic hydroxyl groups is 2. The van der Waals surface area contributed by atoms with Crippen molar-refractivity contribution in [3.8, 4) is 0 Å². The molecular weight excluding hydrogens is 650 g/mol. The first kappa shape index (κ1) is 36.2. The Morgan fingerprint density at radius 1 is 1.15 bits per heavy atom. The molecule has 18 heteroatoms. The molecule has 0 radical (unpaired) electrons. The highest BCUT2D eigenvalue weighted by molar-refractivity contribution is 6.26. The molecule has 4 unspecified atom stereocenters. The summed E-state index contributed by atoms with van der Waals surface area (Å²) in [5.74, 6) is -4.48. The molecule has 3 fully saturated rings. The van der Waals surface area contributed by atoms with Gasteiger partial charge in [-0.25, -0.2) is 0 Å². The monoisotopic (exact) mass is 687 g/mol. The quantitative estimate of drug-likeness (QED) is 0.104. The second-order valence-electron chi connectivity index (χ2n) is 13.2. The molecule has 4 rings (SSSR count). The van der Waals surface area contributed by atoms with Crippen molar-refractivity contribution in [1.82, 2.24) is 0 Å². The van der Waals surface area contributed by atoms with Gasteiger partial charge in [-0.2, -0.15) is 0 Å². The summed E-state index contributed by atoms with van der Waals surface area (Å²) in [7, 11) is 0. The number of halogens is 1. The third kappa shape index (κ3) is 6.21. The molecule has 0 aromatic rings. The number of Topliss-reactive ketones (excluding diaryl/α,β-unsaturated/α-hetero) is 1. The zero-order chi connectivity index (χ0) is 35.1. The second-order valence-corrected chi connectivity index (χ2v) is 13.8. The van der Waals surface area contributed by atoms with Gasteiger partial charge < -0.3 is 35.1 Å². The van der Waals surface area contributed by atoms with Crippen LogP contribution < -0.4 is 5.73 Å². The predicted octanol–water partition coefficient (Wildman–Crippen LogP) is 0.762. The highest BCUT2D eigenvalue weighted by Crippen LogP contribution is 2.71. The van der Waals surface area contributed by atoms with Crippen molar-refractivity contribution in [3.05, 3.63) is 44.0 Å². The minimum absolute atomic E-state index is 0.0343. The molecule has 0 heterocycles. The lowest BCUT2D eigenvalue weighted by Crippen LogP contribution is -2.69. The number of fused-ring (bicyclic) bond motifs is 5. The number of hydrogen-bond acceptors (Lipinski definition) is 15. The van der Waals surface area contributed by atoms with Crippen LogP contribution in [0, 0.1) is 48.8 Å². The van der Waals surface area contributed by atoms with Crippen LogP contribution in [0.2, 0.25) is 0 Å². The first-order valence-corrected chi connectivity index (χ1v) is 15.4. The van der Waals surface area contributed by atoms with E-state index in [-0.39, 0.29) is 24.0 Å². The number of nitrogens with zero attached hydrogens (tertiary/aromatic N) is 2. The van der Waals surface area contributed by atoms with Gasteiger partial charge >= 0.3 is 11.9 Å². The van der Waals surface area contributed by atoms with Crippen LogP contribution in [0.5, 0.6) is 0 Å². The van der Waals surface area contributed by atoms with E-state index in [1.54, 1.807) is 26.0 Å². The molecule has 0 aliphatic heterocycles. The molecule has 4 N–H and O–H groups in total. The number of ether oxygens (including phenoxy) is 2. The van der Waals surface area contributed by atoms with Crippen molar-refractivity contribution in [3.63, 3.8) is 0 Å². The van der Waals surface area contributed by atoms with Gasteiger partial charge in [0.25, 0.3) is 10.2 Å². The lowest BCUT2D eigenvalue weighted by Gasteiger charge is -2.63. The van der Waals surface area contributed by atoms with Crippen molar-refractivity contribution in [1.29, 1.82) is 0 Å². The number of nitrogens with two attached hydrogens (primary N) is 1.